The van der Waals surface area contributed by atoms with Crippen LogP contribution in [-0.2, 0) is 4.74 Å². The van der Waals surface area contributed by atoms with E-state index in [1.807, 2.05) is 13.0 Å². The lowest BCUT2D eigenvalue weighted by Crippen LogP contribution is -2.12. The van der Waals surface area contributed by atoms with E-state index in [0.717, 1.165) is 5.75 Å². The number of hydrogen-bond donors (Lipinski definition) is 1. The highest BCUT2D eigenvalue weighted by molar-refractivity contribution is 7.80. The molecule has 88 valence electrons. The zero-order valence-electron chi connectivity index (χ0n) is 9.47. The van der Waals surface area contributed by atoms with E-state index in [-0.39, 0.29) is 5.97 Å². The lowest BCUT2D eigenvalue weighted by Gasteiger charge is -2.12. The molecule has 1 rings (SSSR count). The number of benzene rings is 1. The number of rotatable bonds is 5. The van der Waals surface area contributed by atoms with E-state index in [1.54, 1.807) is 18.2 Å². The van der Waals surface area contributed by atoms with E-state index in [9.17, 15) is 4.79 Å². The predicted molar refractivity (Wildman–Crippen MR) is 66.3 cm³/mol. The second kappa shape index (κ2) is 6.43. The maximum Gasteiger partial charge on any atom is 0.341 e. The molecule has 0 N–H and O–H groups in total. The summed E-state index contributed by atoms with van der Waals surface area (Å²) in [6.07, 6.45) is 0. The Balaban J connectivity index is 2.75. The van der Waals surface area contributed by atoms with Crippen LogP contribution in [0.2, 0.25) is 0 Å². The molecular weight excluding hydrogens is 224 g/mol. The molecule has 4 heteroatoms. The van der Waals surface area contributed by atoms with Gasteiger partial charge >= 0.3 is 5.97 Å². The number of esters is 1. The quantitative estimate of drug-likeness (QED) is 0.634. The molecule has 0 saturated carbocycles. The molecule has 0 saturated heterocycles. The smallest absolute Gasteiger partial charge is 0.341 e. The van der Waals surface area contributed by atoms with Crippen molar-refractivity contribution < 1.29 is 14.3 Å². The van der Waals surface area contributed by atoms with Crippen LogP contribution in [0, 0.1) is 5.92 Å². The summed E-state index contributed by atoms with van der Waals surface area (Å²) < 4.78 is 10.2. The van der Waals surface area contributed by atoms with Gasteiger partial charge in [-0.2, -0.15) is 12.6 Å². The van der Waals surface area contributed by atoms with Gasteiger partial charge in [-0.05, 0) is 23.8 Å². The van der Waals surface area contributed by atoms with E-state index in [2.05, 4.69) is 17.4 Å². The second-order valence-electron chi connectivity index (χ2n) is 3.59. The van der Waals surface area contributed by atoms with Crippen LogP contribution in [0.3, 0.4) is 0 Å². The van der Waals surface area contributed by atoms with E-state index in [0.29, 0.717) is 23.8 Å². The number of carbonyl (C=O) groups excluding carboxylic acids is 1. The standard InChI is InChI=1S/C12H16O3S/c1-9(8-16)7-15-11-6-4-3-5-10(11)12(13)14-2/h3-6,9,16H,7-8H2,1-2H3. The number of ether oxygens (including phenoxy) is 2. The SMILES string of the molecule is COC(=O)c1ccccc1OCC(C)CS. The van der Waals surface area contributed by atoms with Crippen molar-refractivity contribution in [2.24, 2.45) is 5.92 Å². The van der Waals surface area contributed by atoms with E-state index >= 15 is 0 Å². The highest BCUT2D eigenvalue weighted by Crippen LogP contribution is 2.19. The Kier molecular flexibility index (Phi) is 5.19. The number of methoxy groups -OCH3 is 1. The third-order valence-electron chi connectivity index (χ3n) is 2.13. The summed E-state index contributed by atoms with van der Waals surface area (Å²) in [5, 5.41) is 0. The molecule has 0 fully saturated rings. The molecule has 3 nitrogen and oxygen atoms in total. The average Bonchev–Trinajstić information content (AvgIpc) is 2.35. The number of hydrogen-bond acceptors (Lipinski definition) is 4. The lowest BCUT2D eigenvalue weighted by molar-refractivity contribution is 0.0595. The van der Waals surface area contributed by atoms with Crippen molar-refractivity contribution in [2.75, 3.05) is 19.5 Å². The van der Waals surface area contributed by atoms with Crippen molar-refractivity contribution in [1.29, 1.82) is 0 Å². The van der Waals surface area contributed by atoms with E-state index in [4.69, 9.17) is 4.74 Å². The lowest BCUT2D eigenvalue weighted by atomic mass is 10.2. The van der Waals surface area contributed by atoms with Gasteiger partial charge in [-0.3, -0.25) is 0 Å². The highest BCUT2D eigenvalue weighted by atomic mass is 32.1. The van der Waals surface area contributed by atoms with Crippen LogP contribution in [0.1, 0.15) is 17.3 Å². The normalized spacial score (nSPS) is 11.9. The summed E-state index contributed by atoms with van der Waals surface area (Å²) in [5.74, 6) is 1.27. The van der Waals surface area contributed by atoms with Crippen molar-refractivity contribution in [3.63, 3.8) is 0 Å². The van der Waals surface area contributed by atoms with Crippen LogP contribution in [-0.4, -0.2) is 25.4 Å². The molecule has 1 unspecified atom stereocenters. The van der Waals surface area contributed by atoms with Gasteiger partial charge in [0.2, 0.25) is 0 Å². The van der Waals surface area contributed by atoms with Crippen LogP contribution in [0.4, 0.5) is 0 Å². The summed E-state index contributed by atoms with van der Waals surface area (Å²) in [4.78, 5) is 11.4. The van der Waals surface area contributed by atoms with Crippen LogP contribution in [0.15, 0.2) is 24.3 Å². The monoisotopic (exact) mass is 240 g/mol. The maximum absolute atomic E-state index is 11.4. The molecule has 0 heterocycles. The first kappa shape index (κ1) is 12.9. The number of para-hydroxylation sites is 1. The zero-order chi connectivity index (χ0) is 12.0. The summed E-state index contributed by atoms with van der Waals surface area (Å²) >= 11 is 4.18. The predicted octanol–water partition coefficient (Wildman–Crippen LogP) is 2.42. The summed E-state index contributed by atoms with van der Waals surface area (Å²) in [5.41, 5.74) is 0.455. The third kappa shape index (κ3) is 3.45. The van der Waals surface area contributed by atoms with Gasteiger partial charge in [0.1, 0.15) is 11.3 Å². The van der Waals surface area contributed by atoms with Gasteiger partial charge in [-0.25, -0.2) is 4.79 Å². The second-order valence-corrected chi connectivity index (χ2v) is 3.95. The van der Waals surface area contributed by atoms with Crippen molar-refractivity contribution in [3.8, 4) is 5.75 Å². The minimum Gasteiger partial charge on any atom is -0.492 e. The Labute approximate surface area is 101 Å². The van der Waals surface area contributed by atoms with E-state index in [1.165, 1.54) is 7.11 Å². The third-order valence-corrected chi connectivity index (χ3v) is 2.75. The molecule has 1 aromatic carbocycles. The highest BCUT2D eigenvalue weighted by Gasteiger charge is 2.12. The summed E-state index contributed by atoms with van der Waals surface area (Å²) in [7, 11) is 1.36. The van der Waals surface area contributed by atoms with Crippen molar-refractivity contribution in [3.05, 3.63) is 29.8 Å². The van der Waals surface area contributed by atoms with Crippen LogP contribution < -0.4 is 4.74 Å². The first-order chi connectivity index (χ1) is 7.69. The van der Waals surface area contributed by atoms with Crippen molar-refractivity contribution in [1.82, 2.24) is 0 Å². The van der Waals surface area contributed by atoms with Gasteiger partial charge in [0.25, 0.3) is 0 Å². The van der Waals surface area contributed by atoms with Crippen molar-refractivity contribution >= 4 is 18.6 Å². The summed E-state index contributed by atoms with van der Waals surface area (Å²) in [6.45, 7) is 2.57. The molecule has 1 atom stereocenters. The molecule has 0 aliphatic carbocycles. The Bertz CT molecular complexity index is 352. The largest absolute Gasteiger partial charge is 0.492 e. The van der Waals surface area contributed by atoms with Gasteiger partial charge in [0.05, 0.1) is 13.7 Å². The number of thiol groups is 1. The molecule has 0 bridgehead atoms. The molecule has 0 aliphatic rings. The van der Waals surface area contributed by atoms with Gasteiger partial charge < -0.3 is 9.47 Å². The molecule has 0 amide bonds. The molecule has 1 aromatic rings. The van der Waals surface area contributed by atoms with Gasteiger partial charge in [0, 0.05) is 0 Å². The molecule has 16 heavy (non-hydrogen) atoms. The fourth-order valence-electron chi connectivity index (χ4n) is 1.16. The Morgan fingerprint density at radius 1 is 1.44 bits per heavy atom. The summed E-state index contributed by atoms with van der Waals surface area (Å²) in [6, 6.07) is 7.05. The molecular formula is C12H16O3S. The maximum atomic E-state index is 11.4. The first-order valence-electron chi connectivity index (χ1n) is 5.10. The minimum absolute atomic E-state index is 0.342. The Hall–Kier alpha value is -1.16. The average molecular weight is 240 g/mol. The van der Waals surface area contributed by atoms with Gasteiger partial charge in [-0.1, -0.05) is 19.1 Å². The van der Waals surface area contributed by atoms with Gasteiger partial charge in [-0.15, -0.1) is 0 Å². The van der Waals surface area contributed by atoms with Gasteiger partial charge in [0.15, 0.2) is 0 Å². The Morgan fingerprint density at radius 2 is 2.12 bits per heavy atom. The zero-order valence-corrected chi connectivity index (χ0v) is 10.4. The minimum atomic E-state index is -0.380. The first-order valence-corrected chi connectivity index (χ1v) is 5.73. The topological polar surface area (TPSA) is 35.5 Å². The van der Waals surface area contributed by atoms with Crippen LogP contribution in [0.5, 0.6) is 5.75 Å². The van der Waals surface area contributed by atoms with Crippen LogP contribution >= 0.6 is 12.6 Å². The molecule has 0 spiro atoms. The fraction of sp³-hybridized carbons (Fsp3) is 0.417. The molecule has 0 aliphatic heterocycles. The van der Waals surface area contributed by atoms with E-state index < -0.39 is 0 Å². The molecule has 0 radical (unpaired) electrons. The van der Waals surface area contributed by atoms with Crippen molar-refractivity contribution in [2.45, 2.75) is 6.92 Å². The Morgan fingerprint density at radius 3 is 2.75 bits per heavy atom. The fourth-order valence-corrected chi connectivity index (χ4v) is 1.26. The molecule has 0 aromatic heterocycles. The number of carbonyl (C=O) groups is 1. The van der Waals surface area contributed by atoms with Crippen LogP contribution in [0.25, 0.3) is 0 Å².